The fourth-order valence-corrected chi connectivity index (χ4v) is 2.44. The van der Waals surface area contributed by atoms with Crippen molar-refractivity contribution in [1.29, 1.82) is 0 Å². The number of carbonyl (C=O) groups is 3. The lowest BCUT2D eigenvalue weighted by atomic mass is 10.0. The first kappa shape index (κ1) is 14.2. The Labute approximate surface area is 118 Å². The van der Waals surface area contributed by atoms with Gasteiger partial charge in [-0.05, 0) is 31.9 Å². The number of benzene rings is 1. The summed E-state index contributed by atoms with van der Waals surface area (Å²) < 4.78 is 0. The third kappa shape index (κ3) is 2.71. The van der Waals surface area contributed by atoms with Crippen LogP contribution in [0.2, 0.25) is 0 Å². The van der Waals surface area contributed by atoms with Gasteiger partial charge >= 0.3 is 0 Å². The van der Waals surface area contributed by atoms with E-state index in [4.69, 9.17) is 0 Å². The van der Waals surface area contributed by atoms with Crippen LogP contribution in [0.5, 0.6) is 0 Å². The van der Waals surface area contributed by atoms with Crippen LogP contribution in [0.1, 0.15) is 34.3 Å². The zero-order valence-corrected chi connectivity index (χ0v) is 11.9. The van der Waals surface area contributed by atoms with E-state index >= 15 is 0 Å². The fraction of sp³-hybridized carbons (Fsp3) is 0.400. The molecule has 1 atom stereocenters. The van der Waals surface area contributed by atoms with Gasteiger partial charge in [0.2, 0.25) is 11.8 Å². The molecule has 3 amide bonds. The van der Waals surface area contributed by atoms with E-state index in [-0.39, 0.29) is 18.2 Å². The van der Waals surface area contributed by atoms with E-state index < -0.39 is 11.9 Å². The minimum atomic E-state index is -0.582. The summed E-state index contributed by atoms with van der Waals surface area (Å²) in [6.45, 7) is 3.84. The summed E-state index contributed by atoms with van der Waals surface area (Å²) in [6.07, 6.45) is 0.638. The van der Waals surface area contributed by atoms with Crippen LogP contribution in [0.4, 0.5) is 0 Å². The molecule has 1 saturated heterocycles. The van der Waals surface area contributed by atoms with Crippen molar-refractivity contribution in [3.63, 3.8) is 0 Å². The van der Waals surface area contributed by atoms with Gasteiger partial charge in [0.15, 0.2) is 0 Å². The second-order valence-corrected chi connectivity index (χ2v) is 5.20. The van der Waals surface area contributed by atoms with Gasteiger partial charge in [0.05, 0.1) is 0 Å². The topological polar surface area (TPSA) is 66.5 Å². The molecule has 1 aromatic carbocycles. The summed E-state index contributed by atoms with van der Waals surface area (Å²) >= 11 is 0. The summed E-state index contributed by atoms with van der Waals surface area (Å²) in [6, 6.07) is 5.00. The van der Waals surface area contributed by atoms with Crippen molar-refractivity contribution in [2.45, 2.75) is 32.7 Å². The van der Waals surface area contributed by atoms with Gasteiger partial charge in [-0.2, -0.15) is 0 Å². The van der Waals surface area contributed by atoms with E-state index in [1.165, 1.54) is 4.90 Å². The Hall–Kier alpha value is -2.17. The number of imide groups is 1. The number of nitrogens with one attached hydrogen (secondary N) is 1. The number of hydrogen-bond donors (Lipinski definition) is 1. The molecule has 2 rings (SSSR count). The third-order valence-electron chi connectivity index (χ3n) is 3.61. The molecule has 0 saturated carbocycles. The SMILES string of the molecule is Cc1ccc(C(=O)N(C)C2CCC(=O)NC2=O)c(C)c1. The molecule has 0 aliphatic carbocycles. The zero-order valence-electron chi connectivity index (χ0n) is 11.9. The van der Waals surface area contributed by atoms with Crippen LogP contribution in [0.25, 0.3) is 0 Å². The molecule has 1 unspecified atom stereocenters. The van der Waals surface area contributed by atoms with Crippen molar-refractivity contribution in [2.75, 3.05) is 7.05 Å². The Kier molecular flexibility index (Phi) is 3.88. The number of piperidine rings is 1. The summed E-state index contributed by atoms with van der Waals surface area (Å²) in [5.41, 5.74) is 2.56. The van der Waals surface area contributed by atoms with Crippen molar-refractivity contribution in [3.8, 4) is 0 Å². The number of aryl methyl sites for hydroxylation is 2. The van der Waals surface area contributed by atoms with Crippen molar-refractivity contribution in [1.82, 2.24) is 10.2 Å². The van der Waals surface area contributed by atoms with Crippen molar-refractivity contribution in [2.24, 2.45) is 0 Å². The maximum Gasteiger partial charge on any atom is 0.254 e. The Bertz CT molecular complexity index is 580. The van der Waals surface area contributed by atoms with E-state index in [1.807, 2.05) is 26.0 Å². The molecule has 5 heteroatoms. The van der Waals surface area contributed by atoms with Crippen LogP contribution in [0.3, 0.4) is 0 Å². The number of nitrogens with zero attached hydrogens (tertiary/aromatic N) is 1. The predicted molar refractivity (Wildman–Crippen MR) is 74.2 cm³/mol. The molecule has 5 nitrogen and oxygen atoms in total. The lowest BCUT2D eigenvalue weighted by Gasteiger charge is -2.30. The molecule has 1 aromatic rings. The monoisotopic (exact) mass is 274 g/mol. The number of likely N-dealkylation sites (N-methyl/N-ethyl adjacent to an activating group) is 1. The standard InChI is InChI=1S/C15H18N2O3/c1-9-4-5-11(10(2)8-9)15(20)17(3)12-6-7-13(18)16-14(12)19/h4-5,8,12H,6-7H2,1-3H3,(H,16,18,19). The van der Waals surface area contributed by atoms with E-state index in [0.29, 0.717) is 12.0 Å². The second-order valence-electron chi connectivity index (χ2n) is 5.20. The van der Waals surface area contributed by atoms with E-state index in [2.05, 4.69) is 5.32 Å². The Morgan fingerprint density at radius 1 is 1.30 bits per heavy atom. The fourth-order valence-electron chi connectivity index (χ4n) is 2.44. The lowest BCUT2D eigenvalue weighted by molar-refractivity contribution is -0.136. The number of hydrogen-bond acceptors (Lipinski definition) is 3. The first-order valence-electron chi connectivity index (χ1n) is 6.58. The van der Waals surface area contributed by atoms with Crippen molar-refractivity contribution >= 4 is 17.7 Å². The lowest BCUT2D eigenvalue weighted by Crippen LogP contribution is -2.52. The first-order chi connectivity index (χ1) is 9.40. The van der Waals surface area contributed by atoms with Crippen molar-refractivity contribution < 1.29 is 14.4 Å². The van der Waals surface area contributed by atoms with Crippen LogP contribution in [0, 0.1) is 13.8 Å². The second kappa shape index (κ2) is 5.45. The highest BCUT2D eigenvalue weighted by molar-refractivity contribution is 6.04. The molecule has 1 aliphatic heterocycles. The van der Waals surface area contributed by atoms with E-state index in [0.717, 1.165) is 11.1 Å². The molecule has 1 fully saturated rings. The number of amides is 3. The van der Waals surface area contributed by atoms with E-state index in [1.54, 1.807) is 13.1 Å². The molecule has 0 spiro atoms. The highest BCUT2D eigenvalue weighted by Gasteiger charge is 2.32. The van der Waals surface area contributed by atoms with Crippen LogP contribution >= 0.6 is 0 Å². The van der Waals surface area contributed by atoms with E-state index in [9.17, 15) is 14.4 Å². The van der Waals surface area contributed by atoms with Gasteiger partial charge in [-0.1, -0.05) is 17.7 Å². The molecule has 0 bridgehead atoms. The van der Waals surface area contributed by atoms with Crippen molar-refractivity contribution in [3.05, 3.63) is 34.9 Å². The number of rotatable bonds is 2. The van der Waals surface area contributed by atoms with Crippen LogP contribution in [-0.2, 0) is 9.59 Å². The van der Waals surface area contributed by atoms with Gasteiger partial charge in [-0.3, -0.25) is 19.7 Å². The molecular formula is C15H18N2O3. The summed E-state index contributed by atoms with van der Waals surface area (Å²) in [4.78, 5) is 36.8. The zero-order chi connectivity index (χ0) is 14.9. The Morgan fingerprint density at radius 2 is 2.00 bits per heavy atom. The minimum Gasteiger partial charge on any atom is -0.330 e. The molecular weight excluding hydrogens is 256 g/mol. The summed E-state index contributed by atoms with van der Waals surface area (Å²) in [5, 5.41) is 2.27. The Morgan fingerprint density at radius 3 is 2.60 bits per heavy atom. The highest BCUT2D eigenvalue weighted by Crippen LogP contribution is 2.17. The average molecular weight is 274 g/mol. The Balaban J connectivity index is 2.20. The smallest absolute Gasteiger partial charge is 0.254 e. The van der Waals surface area contributed by atoms with Gasteiger partial charge < -0.3 is 4.90 Å². The maximum atomic E-state index is 12.5. The van der Waals surface area contributed by atoms with Crippen LogP contribution < -0.4 is 5.32 Å². The highest BCUT2D eigenvalue weighted by atomic mass is 16.2. The molecule has 1 N–H and O–H groups in total. The maximum absolute atomic E-state index is 12.5. The number of carbonyl (C=O) groups excluding carboxylic acids is 3. The van der Waals surface area contributed by atoms with Gasteiger partial charge in [0.25, 0.3) is 5.91 Å². The van der Waals surface area contributed by atoms with Gasteiger partial charge in [-0.15, -0.1) is 0 Å². The predicted octanol–water partition coefficient (Wildman–Crippen LogP) is 1.18. The van der Waals surface area contributed by atoms with Gasteiger partial charge in [0.1, 0.15) is 6.04 Å². The molecule has 1 heterocycles. The summed E-state index contributed by atoms with van der Waals surface area (Å²) in [7, 11) is 1.60. The third-order valence-corrected chi connectivity index (χ3v) is 3.61. The van der Waals surface area contributed by atoms with Gasteiger partial charge in [0, 0.05) is 19.0 Å². The molecule has 106 valence electrons. The normalized spacial score (nSPS) is 18.6. The molecule has 1 aliphatic rings. The summed E-state index contributed by atoms with van der Waals surface area (Å²) in [5.74, 6) is -0.877. The largest absolute Gasteiger partial charge is 0.330 e. The van der Waals surface area contributed by atoms with Gasteiger partial charge in [-0.25, -0.2) is 0 Å². The van der Waals surface area contributed by atoms with Crippen LogP contribution in [0.15, 0.2) is 18.2 Å². The molecule has 20 heavy (non-hydrogen) atoms. The molecule has 0 radical (unpaired) electrons. The van der Waals surface area contributed by atoms with Crippen LogP contribution in [-0.4, -0.2) is 35.7 Å². The molecule has 0 aromatic heterocycles. The quantitative estimate of drug-likeness (QED) is 0.824. The average Bonchev–Trinajstić information content (AvgIpc) is 2.37. The minimum absolute atomic E-state index is 0.197. The first-order valence-corrected chi connectivity index (χ1v) is 6.58.